The number of carbonyl (C=O) groups excluding carboxylic acids is 1. The summed E-state index contributed by atoms with van der Waals surface area (Å²) in [6.07, 6.45) is 1.71. The quantitative estimate of drug-likeness (QED) is 0.831. The molecule has 1 aliphatic heterocycles. The summed E-state index contributed by atoms with van der Waals surface area (Å²) in [5.41, 5.74) is 2.15. The lowest BCUT2D eigenvalue weighted by Gasteiger charge is -2.32. The summed E-state index contributed by atoms with van der Waals surface area (Å²) in [6.45, 7) is 4.63. The van der Waals surface area contributed by atoms with Crippen LogP contribution in [0, 0.1) is 11.7 Å². The first-order valence-corrected chi connectivity index (χ1v) is 9.41. The second-order valence-corrected chi connectivity index (χ2v) is 7.40. The van der Waals surface area contributed by atoms with E-state index in [-0.39, 0.29) is 23.7 Å². The molecule has 5 heteroatoms. The molecule has 3 rings (SSSR count). The van der Waals surface area contributed by atoms with Crippen molar-refractivity contribution in [3.63, 3.8) is 0 Å². The molecule has 0 unspecified atom stereocenters. The number of halogens is 2. The van der Waals surface area contributed by atoms with Crippen molar-refractivity contribution in [2.75, 3.05) is 13.1 Å². The molecule has 3 nitrogen and oxygen atoms in total. The molecule has 0 aromatic heterocycles. The highest BCUT2D eigenvalue weighted by Crippen LogP contribution is 2.21. The number of hydrogen-bond acceptors (Lipinski definition) is 2. The number of nitrogens with one attached hydrogen (secondary N) is 1. The van der Waals surface area contributed by atoms with Gasteiger partial charge in [-0.2, -0.15) is 0 Å². The van der Waals surface area contributed by atoms with Gasteiger partial charge in [-0.3, -0.25) is 9.69 Å². The molecule has 1 N–H and O–H groups in total. The fourth-order valence-corrected chi connectivity index (χ4v) is 3.49. The first kappa shape index (κ1) is 18.9. The second kappa shape index (κ2) is 8.65. The maximum Gasteiger partial charge on any atom is 0.223 e. The summed E-state index contributed by atoms with van der Waals surface area (Å²) in [4.78, 5) is 14.9. The highest BCUT2D eigenvalue weighted by atomic mass is 35.5. The zero-order valence-electron chi connectivity index (χ0n) is 14.9. The molecular formula is C21H24ClFN2O. The Bertz CT molecular complexity index is 725. The van der Waals surface area contributed by atoms with Crippen LogP contribution in [0.5, 0.6) is 0 Å². The third-order valence-corrected chi connectivity index (χ3v) is 5.26. The number of benzene rings is 2. The lowest BCUT2D eigenvalue weighted by atomic mass is 9.95. The smallest absolute Gasteiger partial charge is 0.223 e. The van der Waals surface area contributed by atoms with Crippen molar-refractivity contribution in [1.29, 1.82) is 0 Å². The summed E-state index contributed by atoms with van der Waals surface area (Å²) in [6, 6.07) is 14.1. The van der Waals surface area contributed by atoms with E-state index in [4.69, 9.17) is 11.6 Å². The van der Waals surface area contributed by atoms with Crippen molar-refractivity contribution in [3.8, 4) is 0 Å². The SMILES string of the molecule is C[C@H](NC(=O)C1CCN(Cc2ccc(Cl)cc2)CC1)c1ccc(F)cc1. The second-order valence-electron chi connectivity index (χ2n) is 6.96. The van der Waals surface area contributed by atoms with Crippen LogP contribution in [0.3, 0.4) is 0 Å². The van der Waals surface area contributed by atoms with Crippen molar-refractivity contribution in [2.24, 2.45) is 5.92 Å². The molecule has 0 saturated carbocycles. The fraction of sp³-hybridized carbons (Fsp3) is 0.381. The van der Waals surface area contributed by atoms with Gasteiger partial charge in [0.05, 0.1) is 6.04 Å². The van der Waals surface area contributed by atoms with E-state index in [2.05, 4.69) is 10.2 Å². The molecule has 0 bridgehead atoms. The number of nitrogens with zero attached hydrogens (tertiary/aromatic N) is 1. The highest BCUT2D eigenvalue weighted by molar-refractivity contribution is 6.30. The maximum atomic E-state index is 13.0. The van der Waals surface area contributed by atoms with Crippen molar-refractivity contribution in [1.82, 2.24) is 10.2 Å². The Hall–Kier alpha value is -1.91. The fourth-order valence-electron chi connectivity index (χ4n) is 3.37. The first-order chi connectivity index (χ1) is 12.5. The molecule has 26 heavy (non-hydrogen) atoms. The Morgan fingerprint density at radius 3 is 2.38 bits per heavy atom. The molecule has 1 fully saturated rings. The molecule has 1 heterocycles. The van der Waals surface area contributed by atoms with Crippen LogP contribution in [0.15, 0.2) is 48.5 Å². The van der Waals surface area contributed by atoms with Crippen LogP contribution in [-0.2, 0) is 11.3 Å². The molecule has 1 amide bonds. The molecule has 0 radical (unpaired) electrons. The number of amides is 1. The van der Waals surface area contributed by atoms with Crippen LogP contribution in [0.1, 0.15) is 36.9 Å². The minimum absolute atomic E-state index is 0.0411. The number of rotatable bonds is 5. The average Bonchev–Trinajstić information content (AvgIpc) is 2.64. The third kappa shape index (κ3) is 5.05. The van der Waals surface area contributed by atoms with Crippen LogP contribution in [-0.4, -0.2) is 23.9 Å². The first-order valence-electron chi connectivity index (χ1n) is 9.04. The third-order valence-electron chi connectivity index (χ3n) is 5.01. The molecule has 1 atom stereocenters. The topological polar surface area (TPSA) is 32.3 Å². The molecule has 2 aromatic rings. The van der Waals surface area contributed by atoms with Crippen molar-refractivity contribution in [3.05, 3.63) is 70.5 Å². The normalized spacial score (nSPS) is 17.0. The van der Waals surface area contributed by atoms with E-state index in [1.54, 1.807) is 12.1 Å². The van der Waals surface area contributed by atoms with E-state index in [0.717, 1.165) is 43.1 Å². The van der Waals surface area contributed by atoms with Gasteiger partial charge in [0.25, 0.3) is 0 Å². The van der Waals surface area contributed by atoms with Gasteiger partial charge in [-0.25, -0.2) is 4.39 Å². The van der Waals surface area contributed by atoms with Gasteiger partial charge in [-0.15, -0.1) is 0 Å². The Kier molecular flexibility index (Phi) is 6.28. The maximum absolute atomic E-state index is 13.0. The number of hydrogen-bond donors (Lipinski definition) is 1. The van der Waals surface area contributed by atoms with Gasteiger partial charge in [0.15, 0.2) is 0 Å². The molecule has 1 aliphatic rings. The molecule has 0 spiro atoms. The summed E-state index contributed by atoms with van der Waals surface area (Å²) in [5.74, 6) is -0.132. The van der Waals surface area contributed by atoms with Crippen LogP contribution in [0.2, 0.25) is 5.02 Å². The molecule has 1 saturated heterocycles. The van der Waals surface area contributed by atoms with Crippen molar-refractivity contribution >= 4 is 17.5 Å². The van der Waals surface area contributed by atoms with Gasteiger partial charge >= 0.3 is 0 Å². The van der Waals surface area contributed by atoms with Gasteiger partial charge in [0.2, 0.25) is 5.91 Å². The zero-order chi connectivity index (χ0) is 18.5. The minimum atomic E-state index is -0.264. The summed E-state index contributed by atoms with van der Waals surface area (Å²) >= 11 is 5.93. The van der Waals surface area contributed by atoms with Gasteiger partial charge < -0.3 is 5.32 Å². The zero-order valence-corrected chi connectivity index (χ0v) is 15.7. The van der Waals surface area contributed by atoms with Gasteiger partial charge in [0, 0.05) is 17.5 Å². The van der Waals surface area contributed by atoms with Gasteiger partial charge in [-0.1, -0.05) is 35.9 Å². The van der Waals surface area contributed by atoms with Gasteiger partial charge in [-0.05, 0) is 68.2 Å². The largest absolute Gasteiger partial charge is 0.349 e. The summed E-state index contributed by atoms with van der Waals surface area (Å²) in [7, 11) is 0. The van der Waals surface area contributed by atoms with Crippen LogP contribution in [0.4, 0.5) is 4.39 Å². The van der Waals surface area contributed by atoms with E-state index in [9.17, 15) is 9.18 Å². The molecule has 0 aliphatic carbocycles. The molecule has 138 valence electrons. The molecular weight excluding hydrogens is 351 g/mol. The van der Waals surface area contributed by atoms with E-state index in [0.29, 0.717) is 0 Å². The number of likely N-dealkylation sites (tertiary alicyclic amines) is 1. The Morgan fingerprint density at radius 1 is 1.15 bits per heavy atom. The van der Waals surface area contributed by atoms with Crippen LogP contribution in [0.25, 0.3) is 0 Å². The van der Waals surface area contributed by atoms with Gasteiger partial charge in [0.1, 0.15) is 5.82 Å². The van der Waals surface area contributed by atoms with Crippen molar-refractivity contribution < 1.29 is 9.18 Å². The predicted octanol–water partition coefficient (Wildman–Crippen LogP) is 4.57. The van der Waals surface area contributed by atoms with E-state index >= 15 is 0 Å². The number of piperidine rings is 1. The van der Waals surface area contributed by atoms with E-state index in [1.165, 1.54) is 17.7 Å². The molecule has 2 aromatic carbocycles. The van der Waals surface area contributed by atoms with E-state index in [1.807, 2.05) is 31.2 Å². The predicted molar refractivity (Wildman–Crippen MR) is 102 cm³/mol. The van der Waals surface area contributed by atoms with Crippen LogP contribution < -0.4 is 5.32 Å². The minimum Gasteiger partial charge on any atom is -0.349 e. The lowest BCUT2D eigenvalue weighted by molar-refractivity contribution is -0.127. The number of carbonyl (C=O) groups is 1. The highest BCUT2D eigenvalue weighted by Gasteiger charge is 2.26. The Balaban J connectivity index is 1.47. The monoisotopic (exact) mass is 374 g/mol. The van der Waals surface area contributed by atoms with Crippen LogP contribution >= 0.6 is 11.6 Å². The Morgan fingerprint density at radius 2 is 1.77 bits per heavy atom. The van der Waals surface area contributed by atoms with Crippen molar-refractivity contribution in [2.45, 2.75) is 32.4 Å². The summed E-state index contributed by atoms with van der Waals surface area (Å²) in [5, 5.41) is 3.81. The van der Waals surface area contributed by atoms with E-state index < -0.39 is 0 Å². The average molecular weight is 375 g/mol. The standard InChI is InChI=1S/C21H24ClFN2O/c1-15(17-4-8-20(23)9-5-17)24-21(26)18-10-12-25(13-11-18)14-16-2-6-19(22)7-3-16/h2-9,15,18H,10-14H2,1H3,(H,24,26)/t15-/m0/s1. The lowest BCUT2D eigenvalue weighted by Crippen LogP contribution is -2.40. The Labute approximate surface area is 159 Å². The summed E-state index contributed by atoms with van der Waals surface area (Å²) < 4.78 is 13.0.